The van der Waals surface area contributed by atoms with Crippen LogP contribution in [0.4, 0.5) is 0 Å². The summed E-state index contributed by atoms with van der Waals surface area (Å²) in [7, 11) is 0. The van der Waals surface area contributed by atoms with Crippen LogP contribution in [0, 0.1) is 5.41 Å². The Kier molecular flexibility index (Phi) is 3.90. The van der Waals surface area contributed by atoms with E-state index in [1.165, 1.54) is 5.56 Å². The molecule has 1 heterocycles. The van der Waals surface area contributed by atoms with Gasteiger partial charge in [0, 0.05) is 24.5 Å². The Morgan fingerprint density at radius 3 is 2.78 bits per heavy atom. The summed E-state index contributed by atoms with van der Waals surface area (Å²) in [6.45, 7) is 7.33. The molecule has 0 amide bonds. The van der Waals surface area contributed by atoms with Crippen LogP contribution in [0.2, 0.25) is 0 Å². The van der Waals surface area contributed by atoms with Gasteiger partial charge in [-0.3, -0.25) is 4.90 Å². The van der Waals surface area contributed by atoms with Gasteiger partial charge in [-0.15, -0.1) is 0 Å². The molecule has 0 bridgehead atoms. The fraction of sp³-hybridized carbons (Fsp3) is 0.571. The number of rotatable bonds is 3. The van der Waals surface area contributed by atoms with Crippen molar-refractivity contribution in [2.45, 2.75) is 32.9 Å². The average Bonchev–Trinajstić information content (AvgIpc) is 2.28. The number of hydrogen-bond donors (Lipinski definition) is 0. The van der Waals surface area contributed by atoms with Crippen LogP contribution in [0.5, 0.6) is 0 Å². The largest absolute Gasteiger partial charge is 0.298 e. The van der Waals surface area contributed by atoms with E-state index in [1.54, 1.807) is 0 Å². The molecule has 0 N–H and O–H groups in total. The third-order valence-electron chi connectivity index (χ3n) is 3.37. The van der Waals surface area contributed by atoms with Crippen LogP contribution in [-0.4, -0.2) is 24.0 Å². The third-order valence-corrected chi connectivity index (χ3v) is 3.37. The molecule has 0 spiro atoms. The van der Waals surface area contributed by atoms with Gasteiger partial charge in [-0.25, -0.2) is 0 Å². The second kappa shape index (κ2) is 5.42. The first-order valence-electron chi connectivity index (χ1n) is 6.39. The molecule has 2 rings (SSSR count). The zero-order valence-corrected chi connectivity index (χ0v) is 11.1. The fourth-order valence-electron chi connectivity index (χ4n) is 2.85. The molecule has 96 valence electrons. The number of benzene rings is 1. The van der Waals surface area contributed by atoms with E-state index in [0.29, 0.717) is 0 Å². The summed E-state index contributed by atoms with van der Waals surface area (Å²) in [6, 6.07) is 10.5. The lowest BCUT2D eigenvalue weighted by molar-refractivity contribution is 0.0960. The van der Waals surface area contributed by atoms with Gasteiger partial charge in [0.2, 0.25) is 0 Å². The monoisotopic (exact) mass is 244 g/mol. The van der Waals surface area contributed by atoms with Gasteiger partial charge < -0.3 is 0 Å². The highest BCUT2D eigenvalue weighted by atomic mass is 15.2. The fourth-order valence-corrected chi connectivity index (χ4v) is 2.85. The van der Waals surface area contributed by atoms with Gasteiger partial charge >= 0.3 is 0 Å². The molecule has 0 radical (unpaired) electrons. The van der Waals surface area contributed by atoms with Crippen molar-refractivity contribution in [3.05, 3.63) is 46.3 Å². The van der Waals surface area contributed by atoms with Crippen molar-refractivity contribution in [3.8, 4) is 0 Å². The normalized spacial score (nSPS) is 23.3. The molecule has 1 aromatic rings. The third kappa shape index (κ3) is 3.49. The van der Waals surface area contributed by atoms with Gasteiger partial charge in [0.25, 0.3) is 0 Å². The number of piperidine rings is 1. The van der Waals surface area contributed by atoms with E-state index in [-0.39, 0.29) is 11.5 Å². The molecule has 4 heteroatoms. The maximum atomic E-state index is 8.60. The zero-order chi connectivity index (χ0) is 13.0. The smallest absolute Gasteiger partial charge is 0.0507 e. The van der Waals surface area contributed by atoms with E-state index in [4.69, 9.17) is 5.53 Å². The predicted octanol–water partition coefficient (Wildman–Crippen LogP) is 3.60. The van der Waals surface area contributed by atoms with Crippen molar-refractivity contribution >= 4 is 0 Å². The second-order valence-electron chi connectivity index (χ2n) is 5.88. The van der Waals surface area contributed by atoms with Crippen LogP contribution in [0.15, 0.2) is 35.4 Å². The summed E-state index contributed by atoms with van der Waals surface area (Å²) in [6.07, 6.45) is 0.975. The maximum Gasteiger partial charge on any atom is 0.0507 e. The number of likely N-dealkylation sites (tertiary alicyclic amines) is 1. The van der Waals surface area contributed by atoms with Crippen molar-refractivity contribution in [2.75, 3.05) is 13.1 Å². The molecule has 1 aromatic carbocycles. The molecule has 0 aromatic heterocycles. The van der Waals surface area contributed by atoms with E-state index in [1.807, 2.05) is 6.07 Å². The Morgan fingerprint density at radius 2 is 2.11 bits per heavy atom. The van der Waals surface area contributed by atoms with Crippen LogP contribution < -0.4 is 0 Å². The summed E-state index contributed by atoms with van der Waals surface area (Å²) in [5.74, 6) is 0. The highest BCUT2D eigenvalue weighted by Gasteiger charge is 2.31. The summed E-state index contributed by atoms with van der Waals surface area (Å²) >= 11 is 0. The van der Waals surface area contributed by atoms with Gasteiger partial charge in [0.05, 0.1) is 6.04 Å². The molecule has 1 aliphatic rings. The molecule has 1 atom stereocenters. The summed E-state index contributed by atoms with van der Waals surface area (Å²) in [5, 5.41) is 3.91. The lowest BCUT2D eigenvalue weighted by atomic mass is 9.82. The Balaban J connectivity index is 2.06. The van der Waals surface area contributed by atoms with Crippen LogP contribution in [-0.2, 0) is 6.54 Å². The molecule has 18 heavy (non-hydrogen) atoms. The number of nitrogens with zero attached hydrogens (tertiary/aromatic N) is 4. The summed E-state index contributed by atoms with van der Waals surface area (Å²) in [4.78, 5) is 5.35. The average molecular weight is 244 g/mol. The summed E-state index contributed by atoms with van der Waals surface area (Å²) < 4.78 is 0. The summed E-state index contributed by atoms with van der Waals surface area (Å²) in [5.41, 5.74) is 10.1. The van der Waals surface area contributed by atoms with E-state index in [0.717, 1.165) is 26.1 Å². The van der Waals surface area contributed by atoms with Crippen LogP contribution in [0.25, 0.3) is 10.4 Å². The van der Waals surface area contributed by atoms with Gasteiger partial charge in [0.15, 0.2) is 0 Å². The standard InChI is InChI=1S/C14H20N4/c1-14(2)8-13(16-17-15)10-18(11-14)9-12-6-4-3-5-7-12/h3-7,13H,8-11H2,1-2H3. The van der Waals surface area contributed by atoms with Crippen molar-refractivity contribution < 1.29 is 0 Å². The molecule has 1 unspecified atom stereocenters. The van der Waals surface area contributed by atoms with Gasteiger partial charge in [-0.2, -0.15) is 0 Å². The molecule has 0 saturated carbocycles. The lowest BCUT2D eigenvalue weighted by Crippen LogP contribution is -2.45. The van der Waals surface area contributed by atoms with Crippen molar-refractivity contribution in [2.24, 2.45) is 10.5 Å². The SMILES string of the molecule is CC1(C)CC(N=[N+]=[N-])CN(Cc2ccccc2)C1. The minimum Gasteiger partial charge on any atom is -0.298 e. The van der Waals surface area contributed by atoms with Crippen molar-refractivity contribution in [3.63, 3.8) is 0 Å². The van der Waals surface area contributed by atoms with Crippen LogP contribution in [0.3, 0.4) is 0 Å². The molecule has 1 fully saturated rings. The van der Waals surface area contributed by atoms with E-state index in [2.05, 4.69) is 53.0 Å². The molecule has 1 aliphatic heterocycles. The van der Waals surface area contributed by atoms with Crippen LogP contribution in [0.1, 0.15) is 25.8 Å². The Bertz CT molecular complexity index is 434. The first kappa shape index (κ1) is 12.9. The number of hydrogen-bond acceptors (Lipinski definition) is 2. The van der Waals surface area contributed by atoms with Crippen LogP contribution >= 0.6 is 0 Å². The Hall–Kier alpha value is -1.51. The molecule has 1 saturated heterocycles. The first-order chi connectivity index (χ1) is 8.59. The Labute approximate surface area is 108 Å². The molecular formula is C14H20N4. The maximum absolute atomic E-state index is 8.60. The zero-order valence-electron chi connectivity index (χ0n) is 11.1. The van der Waals surface area contributed by atoms with E-state index in [9.17, 15) is 0 Å². The van der Waals surface area contributed by atoms with E-state index >= 15 is 0 Å². The molecule has 0 aliphatic carbocycles. The molecule has 4 nitrogen and oxygen atoms in total. The van der Waals surface area contributed by atoms with Crippen molar-refractivity contribution in [1.82, 2.24) is 4.90 Å². The van der Waals surface area contributed by atoms with Crippen molar-refractivity contribution in [1.29, 1.82) is 0 Å². The predicted molar refractivity (Wildman–Crippen MR) is 73.1 cm³/mol. The highest BCUT2D eigenvalue weighted by molar-refractivity contribution is 5.14. The molecular weight excluding hydrogens is 224 g/mol. The number of azide groups is 1. The van der Waals surface area contributed by atoms with Gasteiger partial charge in [0.1, 0.15) is 0 Å². The topological polar surface area (TPSA) is 52.0 Å². The van der Waals surface area contributed by atoms with Gasteiger partial charge in [-0.1, -0.05) is 49.3 Å². The Morgan fingerprint density at radius 1 is 1.39 bits per heavy atom. The minimum absolute atomic E-state index is 0.0995. The second-order valence-corrected chi connectivity index (χ2v) is 5.88. The van der Waals surface area contributed by atoms with Gasteiger partial charge in [-0.05, 0) is 22.9 Å². The van der Waals surface area contributed by atoms with E-state index < -0.39 is 0 Å². The minimum atomic E-state index is 0.0995. The highest BCUT2D eigenvalue weighted by Crippen LogP contribution is 2.31. The first-order valence-corrected chi connectivity index (χ1v) is 6.39. The quantitative estimate of drug-likeness (QED) is 0.455. The lowest BCUT2D eigenvalue weighted by Gasteiger charge is -2.41.